The highest BCUT2D eigenvalue weighted by molar-refractivity contribution is 6.37. The Hall–Kier alpha value is -2.83. The predicted molar refractivity (Wildman–Crippen MR) is 118 cm³/mol. The fourth-order valence-electron chi connectivity index (χ4n) is 4.37. The predicted octanol–water partition coefficient (Wildman–Crippen LogP) is 5.02. The molecule has 0 atom stereocenters. The van der Waals surface area contributed by atoms with E-state index in [1.165, 1.54) is 0 Å². The molecular weight excluding hydrogens is 437 g/mol. The molecule has 1 fully saturated rings. The first-order chi connectivity index (χ1) is 14.9. The summed E-state index contributed by atoms with van der Waals surface area (Å²) in [6, 6.07) is 12.5. The summed E-state index contributed by atoms with van der Waals surface area (Å²) in [6.45, 7) is 1.01. The highest BCUT2D eigenvalue weighted by Crippen LogP contribution is 2.43. The molecule has 158 valence electrons. The van der Waals surface area contributed by atoms with Gasteiger partial charge in [0.1, 0.15) is 11.4 Å². The smallest absolute Gasteiger partial charge is 0.253 e. The molecule has 1 saturated heterocycles. The van der Waals surface area contributed by atoms with Crippen molar-refractivity contribution in [3.63, 3.8) is 0 Å². The van der Waals surface area contributed by atoms with Crippen LogP contribution in [0.15, 0.2) is 48.7 Å². The van der Waals surface area contributed by atoms with E-state index in [0.717, 1.165) is 11.3 Å². The minimum atomic E-state index is -0.632. The van der Waals surface area contributed by atoms with E-state index in [4.69, 9.17) is 27.9 Å². The lowest BCUT2D eigenvalue weighted by atomic mass is 9.82. The second kappa shape index (κ2) is 7.70. The molecule has 0 bridgehead atoms. The third-order valence-corrected chi connectivity index (χ3v) is 6.51. The molecular formula is C23H19Cl2N3O3. The van der Waals surface area contributed by atoms with Crippen molar-refractivity contribution in [1.29, 1.82) is 0 Å². The van der Waals surface area contributed by atoms with Crippen molar-refractivity contribution in [2.75, 3.05) is 13.1 Å². The maximum absolute atomic E-state index is 13.1. The van der Waals surface area contributed by atoms with Gasteiger partial charge in [0.25, 0.3) is 5.91 Å². The Bertz CT molecular complexity index is 1170. The number of rotatable bonds is 2. The van der Waals surface area contributed by atoms with Crippen LogP contribution in [0.1, 0.15) is 40.0 Å². The Kier molecular flexibility index (Phi) is 4.99. The van der Waals surface area contributed by atoms with Crippen LogP contribution in [-0.2, 0) is 0 Å². The van der Waals surface area contributed by atoms with Crippen LogP contribution in [0, 0.1) is 0 Å². The Labute approximate surface area is 189 Å². The SMILES string of the molecule is O=C1CC2(CCN(C(=O)c3cccc(-c4ccn[nH]4)c3)CC2)Oc2cc(Cl)cc(Cl)c21. The Morgan fingerprint density at radius 1 is 1.13 bits per heavy atom. The number of aromatic amines is 1. The van der Waals surface area contributed by atoms with E-state index >= 15 is 0 Å². The number of nitrogens with zero attached hydrogens (tertiary/aromatic N) is 2. The largest absolute Gasteiger partial charge is 0.486 e. The molecule has 0 saturated carbocycles. The van der Waals surface area contributed by atoms with Crippen molar-refractivity contribution >= 4 is 34.9 Å². The van der Waals surface area contributed by atoms with Crippen LogP contribution >= 0.6 is 23.2 Å². The zero-order valence-corrected chi connectivity index (χ0v) is 18.0. The highest BCUT2D eigenvalue weighted by atomic mass is 35.5. The second-order valence-corrected chi connectivity index (χ2v) is 8.83. The second-order valence-electron chi connectivity index (χ2n) is 7.99. The summed E-state index contributed by atoms with van der Waals surface area (Å²) in [5.74, 6) is 0.348. The summed E-state index contributed by atoms with van der Waals surface area (Å²) in [5, 5.41) is 7.62. The topological polar surface area (TPSA) is 75.3 Å². The number of piperidine rings is 1. The number of hydrogen-bond acceptors (Lipinski definition) is 4. The monoisotopic (exact) mass is 455 g/mol. The van der Waals surface area contributed by atoms with E-state index < -0.39 is 5.60 Å². The molecule has 2 aromatic carbocycles. The summed E-state index contributed by atoms with van der Waals surface area (Å²) in [5.41, 5.74) is 2.14. The molecule has 6 nitrogen and oxygen atoms in total. The van der Waals surface area contributed by atoms with Gasteiger partial charge in [-0.2, -0.15) is 5.10 Å². The number of carbonyl (C=O) groups is 2. The van der Waals surface area contributed by atoms with Crippen LogP contribution in [-0.4, -0.2) is 45.5 Å². The molecule has 1 amide bonds. The van der Waals surface area contributed by atoms with Gasteiger partial charge in [-0.15, -0.1) is 0 Å². The maximum atomic E-state index is 13.1. The summed E-state index contributed by atoms with van der Waals surface area (Å²) in [4.78, 5) is 27.7. The first-order valence-corrected chi connectivity index (χ1v) is 10.8. The van der Waals surface area contributed by atoms with Gasteiger partial charge in [0.2, 0.25) is 0 Å². The number of amides is 1. The van der Waals surface area contributed by atoms with Crippen LogP contribution in [0.25, 0.3) is 11.3 Å². The third-order valence-electron chi connectivity index (χ3n) is 5.99. The van der Waals surface area contributed by atoms with Crippen molar-refractivity contribution in [2.45, 2.75) is 24.9 Å². The molecule has 2 aliphatic rings. The number of H-pyrrole nitrogens is 1. The minimum Gasteiger partial charge on any atom is -0.486 e. The number of nitrogens with one attached hydrogen (secondary N) is 1. The summed E-state index contributed by atoms with van der Waals surface area (Å²) in [6.07, 6.45) is 3.05. The van der Waals surface area contributed by atoms with Crippen LogP contribution in [0.3, 0.4) is 0 Å². The van der Waals surface area contributed by atoms with Gasteiger partial charge in [-0.25, -0.2) is 0 Å². The van der Waals surface area contributed by atoms with Gasteiger partial charge in [0.15, 0.2) is 5.78 Å². The van der Waals surface area contributed by atoms with Crippen molar-refractivity contribution in [3.05, 3.63) is 69.8 Å². The van der Waals surface area contributed by atoms with Gasteiger partial charge in [-0.3, -0.25) is 14.7 Å². The fourth-order valence-corrected chi connectivity index (χ4v) is 4.95. The standard InChI is InChI=1S/C23H19Cl2N3O3/c24-16-11-17(25)21-19(29)13-23(31-20(21)12-16)5-8-28(9-6-23)22(30)15-3-1-2-14(10-15)18-4-7-26-27-18/h1-4,7,10-12H,5-6,8-9,13H2,(H,26,27). The molecule has 5 rings (SSSR count). The minimum absolute atomic E-state index is 0.0372. The lowest BCUT2D eigenvalue weighted by Crippen LogP contribution is -2.52. The normalized spacial score (nSPS) is 17.4. The van der Waals surface area contributed by atoms with Crippen LogP contribution in [0.5, 0.6) is 5.75 Å². The van der Waals surface area contributed by atoms with E-state index in [-0.39, 0.29) is 18.1 Å². The van der Waals surface area contributed by atoms with Crippen molar-refractivity contribution in [2.24, 2.45) is 0 Å². The van der Waals surface area contributed by atoms with Crippen molar-refractivity contribution in [1.82, 2.24) is 15.1 Å². The number of likely N-dealkylation sites (tertiary alicyclic amines) is 1. The molecule has 0 radical (unpaired) electrons. The molecule has 8 heteroatoms. The Morgan fingerprint density at radius 3 is 2.68 bits per heavy atom. The first-order valence-electron chi connectivity index (χ1n) is 10.0. The maximum Gasteiger partial charge on any atom is 0.253 e. The van der Waals surface area contributed by atoms with Gasteiger partial charge in [0, 0.05) is 48.3 Å². The molecule has 3 aromatic rings. The summed E-state index contributed by atoms with van der Waals surface area (Å²) >= 11 is 12.3. The third kappa shape index (κ3) is 3.70. The molecule has 1 N–H and O–H groups in total. The van der Waals surface area contributed by atoms with E-state index in [2.05, 4.69) is 10.2 Å². The zero-order valence-electron chi connectivity index (χ0n) is 16.5. The van der Waals surface area contributed by atoms with Crippen LogP contribution < -0.4 is 4.74 Å². The quantitative estimate of drug-likeness (QED) is 0.588. The van der Waals surface area contributed by atoms with Gasteiger partial charge in [0.05, 0.1) is 22.7 Å². The number of hydrogen-bond donors (Lipinski definition) is 1. The molecule has 3 heterocycles. The van der Waals surface area contributed by atoms with E-state index in [9.17, 15) is 9.59 Å². The molecule has 1 aromatic heterocycles. The highest BCUT2D eigenvalue weighted by Gasteiger charge is 2.44. The number of Topliss-reactive ketones (excluding diaryl/α,β-unsaturated/α-hetero) is 1. The molecule has 31 heavy (non-hydrogen) atoms. The van der Waals surface area contributed by atoms with E-state index in [0.29, 0.717) is 52.9 Å². The van der Waals surface area contributed by atoms with Gasteiger partial charge in [-0.1, -0.05) is 35.3 Å². The molecule has 2 aliphatic heterocycles. The van der Waals surface area contributed by atoms with E-state index in [1.807, 2.05) is 35.2 Å². The number of benzene rings is 2. The number of halogens is 2. The van der Waals surface area contributed by atoms with Gasteiger partial charge < -0.3 is 9.64 Å². The number of carbonyl (C=O) groups excluding carboxylic acids is 2. The fraction of sp³-hybridized carbons (Fsp3) is 0.261. The Balaban J connectivity index is 1.32. The number of ketones is 1. The van der Waals surface area contributed by atoms with Gasteiger partial charge in [-0.05, 0) is 30.3 Å². The van der Waals surface area contributed by atoms with Crippen molar-refractivity contribution < 1.29 is 14.3 Å². The van der Waals surface area contributed by atoms with Crippen molar-refractivity contribution in [3.8, 4) is 17.0 Å². The number of ether oxygens (including phenoxy) is 1. The van der Waals surface area contributed by atoms with Crippen LogP contribution in [0.2, 0.25) is 10.0 Å². The van der Waals surface area contributed by atoms with Gasteiger partial charge >= 0.3 is 0 Å². The summed E-state index contributed by atoms with van der Waals surface area (Å²) < 4.78 is 6.26. The zero-order chi connectivity index (χ0) is 21.6. The average molecular weight is 456 g/mol. The number of fused-ring (bicyclic) bond motifs is 1. The number of aromatic nitrogens is 2. The first kappa shape index (κ1) is 20.1. The average Bonchev–Trinajstić information content (AvgIpc) is 3.28. The lowest BCUT2D eigenvalue weighted by molar-refractivity contribution is -0.00567. The molecule has 0 aliphatic carbocycles. The van der Waals surface area contributed by atoms with Crippen LogP contribution in [0.4, 0.5) is 0 Å². The molecule has 1 spiro atoms. The molecule has 0 unspecified atom stereocenters. The Morgan fingerprint density at radius 2 is 1.94 bits per heavy atom. The summed E-state index contributed by atoms with van der Waals surface area (Å²) in [7, 11) is 0. The van der Waals surface area contributed by atoms with E-state index in [1.54, 1.807) is 18.3 Å². The lowest BCUT2D eigenvalue weighted by Gasteiger charge is -2.44.